The molecule has 0 radical (unpaired) electrons. The van der Waals surface area contributed by atoms with Crippen LogP contribution in [0.4, 0.5) is 0 Å². The number of halogens is 2. The monoisotopic (exact) mass is 265 g/mol. The molecule has 0 aromatic heterocycles. The van der Waals surface area contributed by atoms with E-state index in [-0.39, 0.29) is 18.1 Å². The molecule has 3 atom stereocenters. The number of carbonyl (C=O) groups excluding carboxylic acids is 1. The van der Waals surface area contributed by atoms with Crippen molar-refractivity contribution >= 4 is 29.1 Å². The van der Waals surface area contributed by atoms with E-state index < -0.39 is 9.75 Å². The predicted octanol–water partition coefficient (Wildman–Crippen LogP) is 2.25. The van der Waals surface area contributed by atoms with Crippen LogP contribution >= 0.6 is 23.2 Å². The van der Waals surface area contributed by atoms with Crippen molar-refractivity contribution in [3.05, 3.63) is 0 Å². The molecule has 2 rings (SSSR count). The molecule has 1 saturated heterocycles. The van der Waals surface area contributed by atoms with Crippen LogP contribution < -0.4 is 5.32 Å². The van der Waals surface area contributed by atoms with Gasteiger partial charge >= 0.3 is 0 Å². The van der Waals surface area contributed by atoms with Crippen LogP contribution in [-0.2, 0) is 9.53 Å². The topological polar surface area (TPSA) is 38.3 Å². The molecule has 92 valence electrons. The van der Waals surface area contributed by atoms with E-state index in [4.69, 9.17) is 27.9 Å². The van der Waals surface area contributed by atoms with Gasteiger partial charge < -0.3 is 10.1 Å². The van der Waals surface area contributed by atoms with Crippen molar-refractivity contribution in [2.24, 2.45) is 5.41 Å². The third-order valence-electron chi connectivity index (χ3n) is 3.64. The summed E-state index contributed by atoms with van der Waals surface area (Å²) in [5.74, 6) is -0.0690. The Morgan fingerprint density at radius 2 is 2.19 bits per heavy atom. The molecule has 1 saturated carbocycles. The first-order valence-electron chi connectivity index (χ1n) is 5.67. The maximum absolute atomic E-state index is 12.0. The summed E-state index contributed by atoms with van der Waals surface area (Å²) in [5.41, 5.74) is -0.636. The first-order chi connectivity index (χ1) is 7.37. The lowest BCUT2D eigenvalue weighted by Crippen LogP contribution is -2.44. The van der Waals surface area contributed by atoms with Crippen molar-refractivity contribution in [1.82, 2.24) is 5.32 Å². The molecule has 16 heavy (non-hydrogen) atoms. The lowest BCUT2D eigenvalue weighted by atomic mass is 10.1. The summed E-state index contributed by atoms with van der Waals surface area (Å²) in [6, 6.07) is 0.0246. The Labute approximate surface area is 106 Å². The van der Waals surface area contributed by atoms with Crippen molar-refractivity contribution in [3.63, 3.8) is 0 Å². The largest absolute Gasteiger partial charge is 0.376 e. The molecular formula is C11H17Cl2NO2. The van der Waals surface area contributed by atoms with Gasteiger partial charge in [-0.3, -0.25) is 4.79 Å². The van der Waals surface area contributed by atoms with Crippen molar-refractivity contribution in [3.8, 4) is 0 Å². The third kappa shape index (κ3) is 2.05. The second-order valence-electron chi connectivity index (χ2n) is 5.03. The van der Waals surface area contributed by atoms with E-state index in [0.717, 1.165) is 19.4 Å². The number of alkyl halides is 2. The number of ether oxygens (including phenoxy) is 1. The summed E-state index contributed by atoms with van der Waals surface area (Å²) in [6.45, 7) is 4.55. The fraction of sp³-hybridized carbons (Fsp3) is 0.909. The number of hydrogen-bond donors (Lipinski definition) is 1. The van der Waals surface area contributed by atoms with Crippen LogP contribution in [0.25, 0.3) is 0 Å². The zero-order valence-electron chi connectivity index (χ0n) is 9.56. The molecule has 0 unspecified atom stereocenters. The van der Waals surface area contributed by atoms with Crippen molar-refractivity contribution in [1.29, 1.82) is 0 Å². The molecule has 0 aromatic rings. The van der Waals surface area contributed by atoms with Crippen LogP contribution in [0.15, 0.2) is 0 Å². The van der Waals surface area contributed by atoms with Crippen molar-refractivity contribution in [2.75, 3.05) is 6.61 Å². The predicted molar refractivity (Wildman–Crippen MR) is 63.7 cm³/mol. The lowest BCUT2D eigenvalue weighted by molar-refractivity contribution is -0.127. The summed E-state index contributed by atoms with van der Waals surface area (Å²) in [6.07, 6.45) is 2.72. The standard InChI is InChI=1S/C11H17Cl2NO2/c1-7(8-4-3-5-16-8)14-9(15)10(2)6-11(10,12)13/h7-8H,3-6H2,1-2H3,(H,14,15)/t7-,8+,10-/m0/s1. The second-order valence-corrected chi connectivity index (χ2v) is 6.51. The van der Waals surface area contributed by atoms with Gasteiger partial charge in [-0.05, 0) is 33.1 Å². The summed E-state index contributed by atoms with van der Waals surface area (Å²) < 4.78 is 4.62. The molecule has 0 bridgehead atoms. The quantitative estimate of drug-likeness (QED) is 0.796. The molecule has 0 spiro atoms. The van der Waals surface area contributed by atoms with Gasteiger partial charge in [0.15, 0.2) is 0 Å². The number of rotatable bonds is 3. The van der Waals surface area contributed by atoms with Crippen LogP contribution in [0.1, 0.15) is 33.1 Å². The SMILES string of the molecule is C[C@H](NC(=O)[C@]1(C)CC1(Cl)Cl)[C@H]1CCCO1. The van der Waals surface area contributed by atoms with Crippen LogP contribution in [0.3, 0.4) is 0 Å². The molecule has 5 heteroatoms. The summed E-state index contributed by atoms with van der Waals surface area (Å²) in [5, 5.41) is 2.95. The molecule has 1 aliphatic heterocycles. The lowest BCUT2D eigenvalue weighted by Gasteiger charge is -2.22. The Hall–Kier alpha value is 0.01000. The molecule has 1 N–H and O–H groups in total. The minimum absolute atomic E-state index is 0.0246. The van der Waals surface area contributed by atoms with Gasteiger partial charge in [0, 0.05) is 6.61 Å². The van der Waals surface area contributed by atoms with Gasteiger partial charge in [0.1, 0.15) is 4.33 Å². The average molecular weight is 266 g/mol. The maximum Gasteiger partial charge on any atom is 0.229 e. The highest BCUT2D eigenvalue weighted by molar-refractivity contribution is 6.53. The highest BCUT2D eigenvalue weighted by atomic mass is 35.5. The smallest absolute Gasteiger partial charge is 0.229 e. The number of nitrogens with one attached hydrogen (secondary N) is 1. The van der Waals surface area contributed by atoms with Gasteiger partial charge in [0.25, 0.3) is 0 Å². The Balaban J connectivity index is 1.88. The maximum atomic E-state index is 12.0. The van der Waals surface area contributed by atoms with Crippen molar-refractivity contribution < 1.29 is 9.53 Å². The fourth-order valence-electron chi connectivity index (χ4n) is 2.10. The first kappa shape index (κ1) is 12.5. The minimum Gasteiger partial charge on any atom is -0.376 e. The summed E-state index contributed by atoms with van der Waals surface area (Å²) in [4.78, 5) is 12.0. The van der Waals surface area contributed by atoms with Gasteiger partial charge in [0.05, 0.1) is 17.6 Å². The zero-order valence-corrected chi connectivity index (χ0v) is 11.1. The van der Waals surface area contributed by atoms with Crippen molar-refractivity contribution in [2.45, 2.75) is 49.6 Å². The molecule has 3 nitrogen and oxygen atoms in total. The van der Waals surface area contributed by atoms with E-state index in [1.54, 1.807) is 6.92 Å². The van der Waals surface area contributed by atoms with Crippen LogP contribution in [-0.4, -0.2) is 29.0 Å². The fourth-order valence-corrected chi connectivity index (χ4v) is 2.81. The molecule has 1 amide bonds. The highest BCUT2D eigenvalue weighted by Crippen LogP contribution is 2.63. The van der Waals surface area contributed by atoms with E-state index in [2.05, 4.69) is 5.32 Å². The normalized spacial score (nSPS) is 38.1. The molecule has 1 aliphatic carbocycles. The Morgan fingerprint density at radius 1 is 1.56 bits per heavy atom. The summed E-state index contributed by atoms with van der Waals surface area (Å²) in [7, 11) is 0. The molecule has 0 aromatic carbocycles. The van der Waals surface area contributed by atoms with Gasteiger partial charge in [0.2, 0.25) is 5.91 Å². The van der Waals surface area contributed by atoms with E-state index in [1.807, 2.05) is 6.92 Å². The average Bonchev–Trinajstić information content (AvgIpc) is 2.63. The summed E-state index contributed by atoms with van der Waals surface area (Å²) >= 11 is 11.9. The van der Waals surface area contributed by atoms with E-state index in [9.17, 15) is 4.79 Å². The molecule has 2 fully saturated rings. The molecule has 2 aliphatic rings. The van der Waals surface area contributed by atoms with E-state index in [0.29, 0.717) is 6.42 Å². The van der Waals surface area contributed by atoms with Gasteiger partial charge in [-0.2, -0.15) is 0 Å². The van der Waals surface area contributed by atoms with Gasteiger partial charge in [-0.25, -0.2) is 0 Å². The Bertz CT molecular complexity index is 302. The minimum atomic E-state index is -0.895. The van der Waals surface area contributed by atoms with E-state index >= 15 is 0 Å². The highest BCUT2D eigenvalue weighted by Gasteiger charge is 2.68. The van der Waals surface area contributed by atoms with E-state index in [1.165, 1.54) is 0 Å². The third-order valence-corrected chi connectivity index (χ3v) is 4.74. The first-order valence-corrected chi connectivity index (χ1v) is 6.43. The Kier molecular flexibility index (Phi) is 3.15. The Morgan fingerprint density at radius 3 is 2.62 bits per heavy atom. The number of hydrogen-bond acceptors (Lipinski definition) is 2. The second kappa shape index (κ2) is 4.04. The van der Waals surface area contributed by atoms with Crippen LogP contribution in [0.5, 0.6) is 0 Å². The molecule has 1 heterocycles. The van der Waals surface area contributed by atoms with Crippen LogP contribution in [0, 0.1) is 5.41 Å². The van der Waals surface area contributed by atoms with Crippen LogP contribution in [0.2, 0.25) is 0 Å². The zero-order chi connectivity index (χ0) is 12.0. The molecular weight excluding hydrogens is 249 g/mol. The van der Waals surface area contributed by atoms with Gasteiger partial charge in [-0.1, -0.05) is 0 Å². The number of amides is 1. The van der Waals surface area contributed by atoms with Gasteiger partial charge in [-0.15, -0.1) is 23.2 Å². The number of carbonyl (C=O) groups is 1.